The predicted octanol–water partition coefficient (Wildman–Crippen LogP) is 2.56. The molecule has 0 spiro atoms. The molecule has 1 aromatic heterocycles. The summed E-state index contributed by atoms with van der Waals surface area (Å²) in [7, 11) is 1.82. The second-order valence-corrected chi connectivity index (χ2v) is 4.37. The van der Waals surface area contributed by atoms with Gasteiger partial charge in [0.05, 0.1) is 17.9 Å². The quantitative estimate of drug-likeness (QED) is 0.869. The fourth-order valence-electron chi connectivity index (χ4n) is 1.85. The summed E-state index contributed by atoms with van der Waals surface area (Å²) in [5, 5.41) is 7.14. The van der Waals surface area contributed by atoms with Crippen molar-refractivity contribution in [1.29, 1.82) is 0 Å². The SMILES string of the molecule is CCNCc1cc(CN(C)c2ccccc2F)on1. The Morgan fingerprint density at radius 1 is 1.37 bits per heavy atom. The van der Waals surface area contributed by atoms with Crippen LogP contribution in [0, 0.1) is 5.82 Å². The highest BCUT2D eigenvalue weighted by Gasteiger charge is 2.10. The topological polar surface area (TPSA) is 41.3 Å². The Morgan fingerprint density at radius 2 is 2.16 bits per heavy atom. The third kappa shape index (κ3) is 3.54. The van der Waals surface area contributed by atoms with Crippen LogP contribution >= 0.6 is 0 Å². The maximum atomic E-state index is 13.6. The number of hydrogen-bond acceptors (Lipinski definition) is 4. The number of halogens is 1. The number of anilines is 1. The lowest BCUT2D eigenvalue weighted by molar-refractivity contribution is 0.375. The van der Waals surface area contributed by atoms with Crippen LogP contribution in [0.3, 0.4) is 0 Å². The third-order valence-electron chi connectivity index (χ3n) is 2.82. The van der Waals surface area contributed by atoms with Crippen LogP contribution in [0.1, 0.15) is 18.4 Å². The van der Waals surface area contributed by atoms with Gasteiger partial charge >= 0.3 is 0 Å². The summed E-state index contributed by atoms with van der Waals surface area (Å²) in [6, 6.07) is 8.57. The van der Waals surface area contributed by atoms with Crippen LogP contribution in [0.5, 0.6) is 0 Å². The number of benzene rings is 1. The summed E-state index contributed by atoms with van der Waals surface area (Å²) in [6.45, 7) is 4.09. The van der Waals surface area contributed by atoms with Gasteiger partial charge in [0.15, 0.2) is 5.76 Å². The van der Waals surface area contributed by atoms with Gasteiger partial charge in [-0.15, -0.1) is 0 Å². The number of hydrogen-bond donors (Lipinski definition) is 1. The molecule has 0 radical (unpaired) electrons. The van der Waals surface area contributed by atoms with E-state index < -0.39 is 0 Å². The van der Waals surface area contributed by atoms with E-state index in [4.69, 9.17) is 4.52 Å². The summed E-state index contributed by atoms with van der Waals surface area (Å²) < 4.78 is 18.9. The van der Waals surface area contributed by atoms with E-state index in [0.717, 1.165) is 18.0 Å². The van der Waals surface area contributed by atoms with E-state index in [2.05, 4.69) is 10.5 Å². The van der Waals surface area contributed by atoms with E-state index in [1.807, 2.05) is 26.1 Å². The van der Waals surface area contributed by atoms with Gasteiger partial charge in [-0.25, -0.2) is 4.39 Å². The molecule has 2 aromatic rings. The molecule has 0 aliphatic heterocycles. The van der Waals surface area contributed by atoms with Gasteiger partial charge in [-0.2, -0.15) is 0 Å². The van der Waals surface area contributed by atoms with Crippen molar-refractivity contribution >= 4 is 5.69 Å². The van der Waals surface area contributed by atoms with Gasteiger partial charge in [-0.1, -0.05) is 24.2 Å². The Hall–Kier alpha value is -1.88. The fourth-order valence-corrected chi connectivity index (χ4v) is 1.85. The first-order chi connectivity index (χ1) is 9.20. The smallest absolute Gasteiger partial charge is 0.156 e. The van der Waals surface area contributed by atoms with Crippen molar-refractivity contribution in [3.05, 3.63) is 47.6 Å². The number of nitrogens with zero attached hydrogens (tertiary/aromatic N) is 2. The number of aromatic nitrogens is 1. The highest BCUT2D eigenvalue weighted by Crippen LogP contribution is 2.19. The van der Waals surface area contributed by atoms with Gasteiger partial charge in [0, 0.05) is 19.7 Å². The van der Waals surface area contributed by atoms with Gasteiger partial charge in [-0.3, -0.25) is 0 Å². The first-order valence-corrected chi connectivity index (χ1v) is 6.31. The van der Waals surface area contributed by atoms with E-state index >= 15 is 0 Å². The van der Waals surface area contributed by atoms with Crippen molar-refractivity contribution in [2.24, 2.45) is 0 Å². The Balaban J connectivity index is 2.01. The van der Waals surface area contributed by atoms with Gasteiger partial charge < -0.3 is 14.7 Å². The van der Waals surface area contributed by atoms with Crippen LogP contribution in [0.25, 0.3) is 0 Å². The highest BCUT2D eigenvalue weighted by molar-refractivity contribution is 5.46. The summed E-state index contributed by atoms with van der Waals surface area (Å²) >= 11 is 0. The second-order valence-electron chi connectivity index (χ2n) is 4.37. The highest BCUT2D eigenvalue weighted by atomic mass is 19.1. The molecule has 0 saturated heterocycles. The number of rotatable bonds is 6. The van der Waals surface area contributed by atoms with E-state index in [1.54, 1.807) is 17.0 Å². The minimum atomic E-state index is -0.239. The summed E-state index contributed by atoms with van der Waals surface area (Å²) in [4.78, 5) is 1.80. The lowest BCUT2D eigenvalue weighted by Crippen LogP contribution is -2.17. The molecule has 1 N–H and O–H groups in total. The molecule has 19 heavy (non-hydrogen) atoms. The maximum absolute atomic E-state index is 13.6. The first kappa shape index (κ1) is 13.5. The monoisotopic (exact) mass is 263 g/mol. The van der Waals surface area contributed by atoms with Gasteiger partial charge in [0.1, 0.15) is 5.82 Å². The van der Waals surface area contributed by atoms with Crippen LogP contribution in [0.2, 0.25) is 0 Å². The minimum absolute atomic E-state index is 0.239. The van der Waals surface area contributed by atoms with Crippen LogP contribution in [0.15, 0.2) is 34.9 Å². The molecular weight excluding hydrogens is 245 g/mol. The van der Waals surface area contributed by atoms with E-state index in [-0.39, 0.29) is 5.82 Å². The molecule has 0 unspecified atom stereocenters. The summed E-state index contributed by atoms with van der Waals surface area (Å²) in [6.07, 6.45) is 0. The molecule has 0 aliphatic rings. The van der Waals surface area contributed by atoms with Crippen molar-refractivity contribution in [1.82, 2.24) is 10.5 Å². The fraction of sp³-hybridized carbons (Fsp3) is 0.357. The van der Waals surface area contributed by atoms with Crippen molar-refractivity contribution in [2.45, 2.75) is 20.0 Å². The molecule has 0 bridgehead atoms. The van der Waals surface area contributed by atoms with Gasteiger partial charge in [-0.05, 0) is 18.7 Å². The Bertz CT molecular complexity index is 527. The zero-order valence-corrected chi connectivity index (χ0v) is 11.2. The molecule has 1 heterocycles. The first-order valence-electron chi connectivity index (χ1n) is 6.31. The molecule has 0 aliphatic carbocycles. The molecule has 0 amide bonds. The lowest BCUT2D eigenvalue weighted by Gasteiger charge is -2.17. The van der Waals surface area contributed by atoms with Gasteiger partial charge in [0.2, 0.25) is 0 Å². The number of nitrogens with one attached hydrogen (secondary N) is 1. The molecule has 0 atom stereocenters. The van der Waals surface area contributed by atoms with Gasteiger partial charge in [0.25, 0.3) is 0 Å². The van der Waals surface area contributed by atoms with Crippen LogP contribution in [-0.2, 0) is 13.1 Å². The van der Waals surface area contributed by atoms with E-state index in [0.29, 0.717) is 18.8 Å². The molecule has 2 rings (SSSR count). The van der Waals surface area contributed by atoms with E-state index in [1.165, 1.54) is 6.07 Å². The normalized spacial score (nSPS) is 10.7. The van der Waals surface area contributed by atoms with Crippen molar-refractivity contribution < 1.29 is 8.91 Å². The Kier molecular flexibility index (Phi) is 4.52. The van der Waals surface area contributed by atoms with Crippen LogP contribution < -0.4 is 10.2 Å². The third-order valence-corrected chi connectivity index (χ3v) is 2.82. The largest absolute Gasteiger partial charge is 0.365 e. The van der Waals surface area contributed by atoms with Crippen molar-refractivity contribution in [3.63, 3.8) is 0 Å². The maximum Gasteiger partial charge on any atom is 0.156 e. The van der Waals surface area contributed by atoms with Crippen molar-refractivity contribution in [2.75, 3.05) is 18.5 Å². The lowest BCUT2D eigenvalue weighted by atomic mass is 10.2. The molecule has 0 saturated carbocycles. The summed E-state index contributed by atoms with van der Waals surface area (Å²) in [5.74, 6) is 0.482. The molecular formula is C14H18FN3O. The minimum Gasteiger partial charge on any atom is -0.365 e. The predicted molar refractivity (Wildman–Crippen MR) is 72.4 cm³/mol. The average molecular weight is 263 g/mol. The molecule has 0 fully saturated rings. The zero-order chi connectivity index (χ0) is 13.7. The zero-order valence-electron chi connectivity index (χ0n) is 11.2. The van der Waals surface area contributed by atoms with Crippen molar-refractivity contribution in [3.8, 4) is 0 Å². The average Bonchev–Trinajstić information content (AvgIpc) is 2.84. The molecule has 1 aromatic carbocycles. The van der Waals surface area contributed by atoms with E-state index in [9.17, 15) is 4.39 Å². The Morgan fingerprint density at radius 3 is 2.89 bits per heavy atom. The standard InChI is InChI=1S/C14H18FN3O/c1-3-16-9-11-8-12(19-17-11)10-18(2)14-7-5-4-6-13(14)15/h4-8,16H,3,9-10H2,1-2H3. The molecule has 5 heteroatoms. The summed E-state index contributed by atoms with van der Waals surface area (Å²) in [5.41, 5.74) is 1.41. The van der Waals surface area contributed by atoms with Crippen LogP contribution in [-0.4, -0.2) is 18.7 Å². The molecule has 102 valence electrons. The second kappa shape index (κ2) is 6.33. The molecule has 4 nitrogen and oxygen atoms in total. The Labute approximate surface area is 112 Å². The number of para-hydroxylation sites is 1. The van der Waals surface area contributed by atoms with Crippen LogP contribution in [0.4, 0.5) is 10.1 Å².